The third kappa shape index (κ3) is 18.8. The van der Waals surface area contributed by atoms with Crippen LogP contribution in [0.25, 0.3) is 22.1 Å². The van der Waals surface area contributed by atoms with E-state index in [1.165, 1.54) is 66.1 Å². The molecule has 2 aromatic carbocycles. The van der Waals surface area contributed by atoms with Crippen molar-refractivity contribution >= 4 is 89.2 Å². The first kappa shape index (κ1) is 93.6. The van der Waals surface area contributed by atoms with Crippen molar-refractivity contribution in [1.82, 2.24) is 39.2 Å². The van der Waals surface area contributed by atoms with E-state index < -0.39 is 257 Å². The minimum Gasteiger partial charge on any atom is -0.471 e. The van der Waals surface area contributed by atoms with E-state index in [1.807, 2.05) is 21.6 Å². The summed E-state index contributed by atoms with van der Waals surface area (Å²) in [4.78, 5) is 133. The fourth-order valence-electron chi connectivity index (χ4n) is 17.7. The number of allylic oxidation sites excluding steroid dienone is 2. The second-order valence-electron chi connectivity index (χ2n) is 37.2. The molecular formula is C86H108F8N10O16S2. The Hall–Kier alpha value is -9.06. The second-order valence-corrected chi connectivity index (χ2v) is 41.6. The summed E-state index contributed by atoms with van der Waals surface area (Å²) in [5.74, 6) is -22.9. The van der Waals surface area contributed by atoms with Crippen molar-refractivity contribution in [3.63, 3.8) is 0 Å². The van der Waals surface area contributed by atoms with Gasteiger partial charge in [0.2, 0.25) is 68.3 Å². The zero-order valence-corrected chi connectivity index (χ0v) is 70.0. The number of esters is 2. The highest BCUT2D eigenvalue weighted by molar-refractivity contribution is 7.92. The second kappa shape index (κ2) is 34.1. The largest absolute Gasteiger partial charge is 0.471 e. The zero-order chi connectivity index (χ0) is 87.5. The van der Waals surface area contributed by atoms with Gasteiger partial charge in [0.25, 0.3) is 5.92 Å². The van der Waals surface area contributed by atoms with Gasteiger partial charge in [0.15, 0.2) is 23.0 Å². The van der Waals surface area contributed by atoms with E-state index in [0.717, 1.165) is 0 Å². The number of ether oxygens (including phenoxy) is 4. The normalized spacial score (nSPS) is 31.0. The lowest BCUT2D eigenvalue weighted by molar-refractivity contribution is -0.154. The first-order chi connectivity index (χ1) is 56.1. The van der Waals surface area contributed by atoms with Crippen LogP contribution in [0.3, 0.4) is 0 Å². The maximum Gasteiger partial charge on any atom is 0.313 e. The average molecular weight is 1750 g/mol. The van der Waals surface area contributed by atoms with Crippen molar-refractivity contribution in [2.24, 2.45) is 69.0 Å². The van der Waals surface area contributed by atoms with Crippen molar-refractivity contribution in [3.8, 4) is 23.9 Å². The molecule has 4 aromatic rings. The van der Waals surface area contributed by atoms with E-state index in [9.17, 15) is 83.3 Å². The number of halogens is 8. The van der Waals surface area contributed by atoms with Crippen LogP contribution >= 0.6 is 0 Å². The van der Waals surface area contributed by atoms with E-state index in [-0.39, 0.29) is 131 Å². The van der Waals surface area contributed by atoms with Gasteiger partial charge in [0.05, 0.1) is 116 Å². The van der Waals surface area contributed by atoms with Crippen molar-refractivity contribution in [3.05, 3.63) is 71.1 Å². The van der Waals surface area contributed by atoms with Gasteiger partial charge in [-0.05, 0) is 169 Å². The Balaban J connectivity index is 0.000000234. The van der Waals surface area contributed by atoms with E-state index in [4.69, 9.17) is 18.9 Å². The lowest BCUT2D eigenvalue weighted by Gasteiger charge is -2.35. The number of carbonyl (C=O) groups excluding carboxylic acids is 8. The highest BCUT2D eigenvalue weighted by Crippen LogP contribution is 2.62. The predicted octanol–water partition coefficient (Wildman–Crippen LogP) is 13.8. The van der Waals surface area contributed by atoms with Crippen LogP contribution < -0.4 is 18.9 Å². The molecule has 2 N–H and O–H groups in total. The van der Waals surface area contributed by atoms with Crippen LogP contribution in [0, 0.1) is 91.7 Å². The molecule has 4 bridgehead atoms. The fourth-order valence-corrected chi connectivity index (χ4v) is 20.4. The minimum atomic E-state index is -4.28. The summed E-state index contributed by atoms with van der Waals surface area (Å²) in [5.41, 5.74) is -7.02. The Morgan fingerprint density at radius 1 is 0.566 bits per heavy atom. The lowest BCUT2D eigenvalue weighted by atomic mass is 9.77. The molecule has 0 spiro atoms. The number of alkyl halides is 8. The maximum absolute atomic E-state index is 16.3. The number of nitriles is 2. The standard InChI is InChI=1S/C42H51F4N5O8S.C42H49F4N5O8S.2CH4/c2*1-6-24-31-21-51(33(24)29(52)19-41(18-26(41)35(43)44)38(55)50-60(56,57)40(5)13-14-40)37(54)25(39(2,3)4)17-32(53)58-30-16-23(30)9-7-8-12-42(45,46)34-36(59-31)49-28-15-22(20-47)10-11-27(28)48-34;;/h10-11,15,23-26,30-31,33,35H,6-9,12-14,16-19,21H2,1-5H3,(H,50,55);8,10-12,15,23-26,30-31,33,35H,6-7,9,13-14,16-19,21H2,1-5H3,(H,50,55);2*1H4/b;12-8+;;/t2*23-,24-,25-,26+,30-,31+,33+,41-;;/m11../s1. The Bertz CT molecular complexity index is 5160. The molecule has 0 unspecified atom stereocenters. The first-order valence-electron chi connectivity index (χ1n) is 41.0. The van der Waals surface area contributed by atoms with E-state index in [2.05, 4.69) is 19.9 Å². The summed E-state index contributed by atoms with van der Waals surface area (Å²) >= 11 is 0. The third-order valence-corrected chi connectivity index (χ3v) is 30.9. The van der Waals surface area contributed by atoms with Gasteiger partial charge in [-0.3, -0.25) is 47.8 Å². The molecule has 36 heteroatoms. The fraction of sp³-hybridized carbons (Fsp3) is 0.674. The number of hydrogen-bond acceptors (Lipinski definition) is 22. The molecule has 0 radical (unpaired) electrons. The highest BCUT2D eigenvalue weighted by Gasteiger charge is 2.70. The number of benzene rings is 2. The van der Waals surface area contributed by atoms with E-state index >= 15 is 17.6 Å². The van der Waals surface area contributed by atoms with Gasteiger partial charge in [-0.1, -0.05) is 82.7 Å². The number of carbonyl (C=O) groups is 8. The molecule has 6 heterocycles. The number of ketones is 2. The van der Waals surface area contributed by atoms with Crippen LogP contribution in [0.1, 0.15) is 235 Å². The van der Waals surface area contributed by atoms with Crippen molar-refractivity contribution in [1.29, 1.82) is 10.5 Å². The summed E-state index contributed by atoms with van der Waals surface area (Å²) in [6, 6.07) is 9.32. The van der Waals surface area contributed by atoms with Crippen LogP contribution in [-0.4, -0.2) is 166 Å². The van der Waals surface area contributed by atoms with Gasteiger partial charge in [-0.25, -0.2) is 54.3 Å². The van der Waals surface area contributed by atoms with Crippen LogP contribution in [0.2, 0.25) is 0 Å². The van der Waals surface area contributed by atoms with E-state index in [0.29, 0.717) is 38.2 Å². The molecule has 2 aromatic heterocycles. The molecule has 8 fully saturated rings. The van der Waals surface area contributed by atoms with Gasteiger partial charge < -0.3 is 28.7 Å². The third-order valence-electron chi connectivity index (χ3n) is 26.5. The van der Waals surface area contributed by atoms with Crippen molar-refractivity contribution < 1.29 is 109 Å². The van der Waals surface area contributed by atoms with Crippen molar-refractivity contribution in [2.75, 3.05) is 13.1 Å². The molecule has 122 heavy (non-hydrogen) atoms. The Morgan fingerprint density at radius 3 is 1.34 bits per heavy atom. The molecule has 4 aliphatic heterocycles. The van der Waals surface area contributed by atoms with Gasteiger partial charge >= 0.3 is 17.9 Å². The number of aromatic nitrogens is 4. The van der Waals surface area contributed by atoms with Gasteiger partial charge in [0.1, 0.15) is 24.4 Å². The minimum absolute atomic E-state index is 0. The number of sulfonamides is 2. The molecule has 16 atom stereocenters. The predicted molar refractivity (Wildman–Crippen MR) is 427 cm³/mol. The lowest BCUT2D eigenvalue weighted by Crippen LogP contribution is -2.50. The molecule has 6 saturated carbocycles. The molecular weight excluding hydrogens is 1650 g/mol. The summed E-state index contributed by atoms with van der Waals surface area (Å²) < 4.78 is 201. The van der Waals surface area contributed by atoms with Gasteiger partial charge in [0, 0.05) is 42.9 Å². The average Bonchev–Trinajstić information content (AvgIpc) is 1.55. The maximum atomic E-state index is 16.3. The van der Waals surface area contributed by atoms with Gasteiger partial charge in [-0.15, -0.1) is 0 Å². The summed E-state index contributed by atoms with van der Waals surface area (Å²) in [6.07, 6.45) is -7.55. The smallest absolute Gasteiger partial charge is 0.313 e. The monoisotopic (exact) mass is 1750 g/mol. The molecule has 666 valence electrons. The van der Waals surface area contributed by atoms with Gasteiger partial charge in [-0.2, -0.15) is 28.1 Å². The number of rotatable bonds is 16. The molecule has 14 rings (SSSR count). The number of Topliss-reactive ketones (excluding diaryl/α,β-unsaturated/α-hetero) is 2. The van der Waals surface area contributed by atoms with Crippen LogP contribution in [0.4, 0.5) is 35.1 Å². The number of hydrogen-bond donors (Lipinski definition) is 2. The molecule has 26 nitrogen and oxygen atoms in total. The summed E-state index contributed by atoms with van der Waals surface area (Å²) in [6.45, 7) is 15.8. The highest BCUT2D eigenvalue weighted by atomic mass is 32.2. The number of nitrogens with zero attached hydrogens (tertiary/aromatic N) is 8. The summed E-state index contributed by atoms with van der Waals surface area (Å²) in [7, 11) is -8.56. The Kier molecular flexibility index (Phi) is 26.2. The zero-order valence-electron chi connectivity index (χ0n) is 68.4. The molecule has 10 aliphatic rings. The number of fused-ring (bicyclic) bond motifs is 10. The summed E-state index contributed by atoms with van der Waals surface area (Å²) in [5, 5.41) is 19.1. The molecule has 4 amide bonds. The van der Waals surface area contributed by atoms with Crippen molar-refractivity contribution in [2.45, 2.75) is 283 Å². The Morgan fingerprint density at radius 2 is 0.967 bits per heavy atom. The van der Waals surface area contributed by atoms with Crippen LogP contribution in [0.15, 0.2) is 48.6 Å². The van der Waals surface area contributed by atoms with E-state index in [1.54, 1.807) is 55.4 Å². The topological polar surface area (TPSA) is 371 Å². The first-order valence-corrected chi connectivity index (χ1v) is 44.0. The SMILES string of the molecule is C.C.CC[C@@H]1[C@@H]2CN(C(=O)[C@H](C(C)(C)C)CC(=O)O[C@@H]3C[C@H]3CC/C=C/C(F)(F)c3nc4ccc(C#N)cc4nc3O2)[C@@H]1C(=O)C[C@]1(C(=O)NS(=O)(=O)C2(C)CC2)C[C@H]1C(F)F.CC[C@@H]1[C@@H]2CN(C(=O)[C@H](C(C)(C)C)CC(=O)O[C@@H]3C[C@H]3CCCCC(F)(F)c3nc4ccc(C#N)cc4nc3O2)[C@@H]1C(=O)C[C@]1(C(=O)NS(=O)(=O)C2(C)CC2)C[C@H]1C(F)F. The Labute approximate surface area is 705 Å². The molecule has 2 saturated heterocycles. The molecule has 6 aliphatic carbocycles. The van der Waals surface area contributed by atoms with Crippen LogP contribution in [-0.2, 0) is 79.7 Å². The quantitative estimate of drug-likeness (QED) is 0.0597. The van der Waals surface area contributed by atoms with Crippen LogP contribution in [0.5, 0.6) is 11.8 Å². The number of nitrogens with one attached hydrogen (secondary N) is 2. The number of amides is 4.